The Balaban J connectivity index is 1.95. The fraction of sp³-hybridized carbons (Fsp3) is 0.632. The summed E-state index contributed by atoms with van der Waals surface area (Å²) in [6.07, 6.45) is 1.02. The number of halogens is 1. The molecule has 2 unspecified atom stereocenters. The molecule has 1 fully saturated rings. The predicted octanol–water partition coefficient (Wildman–Crippen LogP) is 1.61. The van der Waals surface area contributed by atoms with Gasteiger partial charge in [0.15, 0.2) is 5.96 Å². The molecular weight excluding hydrogens is 385 g/mol. The van der Waals surface area contributed by atoms with Gasteiger partial charge in [0.25, 0.3) is 0 Å². The van der Waals surface area contributed by atoms with Crippen LogP contribution in [0.4, 0.5) is 4.39 Å². The van der Waals surface area contributed by atoms with Gasteiger partial charge in [0, 0.05) is 19.3 Å². The second-order valence-corrected chi connectivity index (χ2v) is 9.13. The second-order valence-electron chi connectivity index (χ2n) is 6.87. The summed E-state index contributed by atoms with van der Waals surface area (Å²) < 4.78 is 46.8. The van der Waals surface area contributed by atoms with E-state index in [1.54, 1.807) is 12.1 Å². The third kappa shape index (κ3) is 7.73. The van der Waals surface area contributed by atoms with Gasteiger partial charge in [-0.2, -0.15) is 0 Å². The molecule has 0 spiro atoms. The van der Waals surface area contributed by atoms with E-state index < -0.39 is 9.84 Å². The molecule has 2 rings (SSSR count). The quantitative estimate of drug-likeness (QED) is 0.395. The molecule has 1 aliphatic heterocycles. The van der Waals surface area contributed by atoms with Crippen molar-refractivity contribution in [2.75, 3.05) is 51.4 Å². The molecule has 9 heteroatoms. The molecule has 0 aliphatic carbocycles. The van der Waals surface area contributed by atoms with Crippen molar-refractivity contribution in [1.29, 1.82) is 0 Å². The average molecular weight is 416 g/mol. The first-order valence-electron chi connectivity index (χ1n) is 9.48. The SMILES string of the molecule is CCNC(=NCCOCCS(C)(=O)=O)N1CC(C)OC(c2ccc(F)cc2)C1. The maximum absolute atomic E-state index is 13.2. The standard InChI is InChI=1S/C19H30FN3O4S/c1-4-21-19(22-9-10-26-11-12-28(3,24)25)23-13-15(2)27-18(14-23)16-5-7-17(20)8-6-16/h5-8,15,18H,4,9-14H2,1-3H3,(H,21,22). The monoisotopic (exact) mass is 415 g/mol. The summed E-state index contributed by atoms with van der Waals surface area (Å²) in [6.45, 7) is 6.98. The molecule has 1 heterocycles. The number of benzene rings is 1. The van der Waals surface area contributed by atoms with E-state index in [0.717, 1.165) is 18.1 Å². The summed E-state index contributed by atoms with van der Waals surface area (Å²) in [5.74, 6) is 0.503. The third-order valence-electron chi connectivity index (χ3n) is 4.23. The zero-order valence-electron chi connectivity index (χ0n) is 16.7. The van der Waals surface area contributed by atoms with Crippen molar-refractivity contribution in [3.8, 4) is 0 Å². The van der Waals surface area contributed by atoms with Crippen LogP contribution in [0.2, 0.25) is 0 Å². The van der Waals surface area contributed by atoms with E-state index in [4.69, 9.17) is 9.47 Å². The van der Waals surface area contributed by atoms with Gasteiger partial charge in [-0.3, -0.25) is 4.99 Å². The smallest absolute Gasteiger partial charge is 0.194 e. The summed E-state index contributed by atoms with van der Waals surface area (Å²) in [5.41, 5.74) is 0.929. The number of morpholine rings is 1. The summed E-state index contributed by atoms with van der Waals surface area (Å²) in [6, 6.07) is 6.37. The van der Waals surface area contributed by atoms with Crippen molar-refractivity contribution in [3.05, 3.63) is 35.6 Å². The fourth-order valence-corrected chi connectivity index (χ4v) is 3.36. The lowest BCUT2D eigenvalue weighted by Crippen LogP contribution is -2.50. The molecule has 158 valence electrons. The largest absolute Gasteiger partial charge is 0.378 e. The van der Waals surface area contributed by atoms with Crippen LogP contribution >= 0.6 is 0 Å². The van der Waals surface area contributed by atoms with E-state index in [9.17, 15) is 12.8 Å². The number of rotatable bonds is 8. The molecule has 0 bridgehead atoms. The Morgan fingerprint density at radius 2 is 2.04 bits per heavy atom. The topological polar surface area (TPSA) is 80.2 Å². The normalized spacial score (nSPS) is 21.0. The van der Waals surface area contributed by atoms with Gasteiger partial charge in [0.1, 0.15) is 21.8 Å². The highest BCUT2D eigenvalue weighted by molar-refractivity contribution is 7.90. The Kier molecular flexibility index (Phi) is 8.65. The number of hydrogen-bond acceptors (Lipinski definition) is 5. The van der Waals surface area contributed by atoms with Gasteiger partial charge in [-0.1, -0.05) is 12.1 Å². The Labute approximate surface area is 166 Å². The van der Waals surface area contributed by atoms with Crippen LogP contribution in [0.1, 0.15) is 25.5 Å². The maximum atomic E-state index is 13.2. The summed E-state index contributed by atoms with van der Waals surface area (Å²) in [4.78, 5) is 6.72. The minimum Gasteiger partial charge on any atom is -0.378 e. The molecule has 1 saturated heterocycles. The van der Waals surface area contributed by atoms with E-state index in [2.05, 4.69) is 15.2 Å². The van der Waals surface area contributed by atoms with Gasteiger partial charge in [-0.05, 0) is 31.5 Å². The first kappa shape index (κ1) is 22.6. The van der Waals surface area contributed by atoms with Gasteiger partial charge in [-0.25, -0.2) is 12.8 Å². The molecule has 0 aromatic heterocycles. The van der Waals surface area contributed by atoms with Crippen LogP contribution in [0.3, 0.4) is 0 Å². The number of nitrogens with one attached hydrogen (secondary N) is 1. The second kappa shape index (κ2) is 10.7. The first-order chi connectivity index (χ1) is 13.3. The molecule has 28 heavy (non-hydrogen) atoms. The highest BCUT2D eigenvalue weighted by Crippen LogP contribution is 2.25. The maximum Gasteiger partial charge on any atom is 0.194 e. The molecule has 2 atom stereocenters. The summed E-state index contributed by atoms with van der Waals surface area (Å²) in [7, 11) is -3.01. The average Bonchev–Trinajstić information content (AvgIpc) is 2.62. The van der Waals surface area contributed by atoms with Crippen LogP contribution in [0.5, 0.6) is 0 Å². The zero-order valence-corrected chi connectivity index (χ0v) is 17.5. The Morgan fingerprint density at radius 3 is 2.68 bits per heavy atom. The minimum absolute atomic E-state index is 0.00123. The molecular formula is C19H30FN3O4S. The molecule has 7 nitrogen and oxygen atoms in total. The van der Waals surface area contributed by atoms with Crippen LogP contribution in [0.15, 0.2) is 29.3 Å². The van der Waals surface area contributed by atoms with Gasteiger partial charge >= 0.3 is 0 Å². The molecule has 1 aliphatic rings. The fourth-order valence-electron chi connectivity index (χ4n) is 2.94. The molecule has 1 aromatic carbocycles. The zero-order chi connectivity index (χ0) is 20.6. The first-order valence-corrected chi connectivity index (χ1v) is 11.5. The molecule has 0 saturated carbocycles. The van der Waals surface area contributed by atoms with Crippen LogP contribution in [-0.2, 0) is 19.3 Å². The molecule has 1 N–H and O–H groups in total. The Morgan fingerprint density at radius 1 is 1.32 bits per heavy atom. The number of sulfone groups is 1. The highest BCUT2D eigenvalue weighted by Gasteiger charge is 2.28. The van der Waals surface area contributed by atoms with E-state index in [1.807, 2.05) is 13.8 Å². The molecule has 1 aromatic rings. The minimum atomic E-state index is -3.01. The van der Waals surface area contributed by atoms with E-state index in [0.29, 0.717) is 26.2 Å². The lowest BCUT2D eigenvalue weighted by molar-refractivity contribution is -0.0605. The van der Waals surface area contributed by atoms with E-state index in [1.165, 1.54) is 18.4 Å². The van der Waals surface area contributed by atoms with Crippen molar-refractivity contribution < 1.29 is 22.3 Å². The number of nitrogens with zero attached hydrogens (tertiary/aromatic N) is 2. The van der Waals surface area contributed by atoms with Crippen molar-refractivity contribution in [2.24, 2.45) is 4.99 Å². The summed E-state index contributed by atoms with van der Waals surface area (Å²) in [5, 5.41) is 3.28. The molecule has 0 radical (unpaired) electrons. The van der Waals surface area contributed by atoms with Crippen LogP contribution in [0, 0.1) is 5.82 Å². The van der Waals surface area contributed by atoms with Gasteiger partial charge in [0.2, 0.25) is 0 Å². The number of ether oxygens (including phenoxy) is 2. The Bertz CT molecular complexity index is 740. The lowest BCUT2D eigenvalue weighted by atomic mass is 10.1. The number of hydrogen-bond donors (Lipinski definition) is 1. The number of guanidine groups is 1. The van der Waals surface area contributed by atoms with Crippen molar-refractivity contribution in [2.45, 2.75) is 26.1 Å². The van der Waals surface area contributed by atoms with Crippen LogP contribution < -0.4 is 5.32 Å². The van der Waals surface area contributed by atoms with Gasteiger partial charge in [-0.15, -0.1) is 0 Å². The van der Waals surface area contributed by atoms with Gasteiger partial charge < -0.3 is 19.7 Å². The van der Waals surface area contributed by atoms with Crippen molar-refractivity contribution in [1.82, 2.24) is 10.2 Å². The molecule has 0 amide bonds. The van der Waals surface area contributed by atoms with E-state index in [-0.39, 0.29) is 30.4 Å². The van der Waals surface area contributed by atoms with Crippen LogP contribution in [0.25, 0.3) is 0 Å². The third-order valence-corrected chi connectivity index (χ3v) is 5.14. The van der Waals surface area contributed by atoms with Gasteiger partial charge in [0.05, 0.1) is 38.2 Å². The van der Waals surface area contributed by atoms with Crippen molar-refractivity contribution >= 4 is 15.8 Å². The summed E-state index contributed by atoms with van der Waals surface area (Å²) >= 11 is 0. The predicted molar refractivity (Wildman–Crippen MR) is 108 cm³/mol. The Hall–Kier alpha value is -1.71. The number of aliphatic imine (C=N–C) groups is 1. The van der Waals surface area contributed by atoms with Crippen LogP contribution in [-0.4, -0.2) is 76.8 Å². The highest BCUT2D eigenvalue weighted by atomic mass is 32.2. The van der Waals surface area contributed by atoms with E-state index >= 15 is 0 Å². The lowest BCUT2D eigenvalue weighted by Gasteiger charge is -2.38. The van der Waals surface area contributed by atoms with Crippen molar-refractivity contribution in [3.63, 3.8) is 0 Å².